The van der Waals surface area contributed by atoms with Crippen molar-refractivity contribution in [1.82, 2.24) is 0 Å². The van der Waals surface area contributed by atoms with Gasteiger partial charge in [0.1, 0.15) is 12.4 Å². The van der Waals surface area contributed by atoms with E-state index in [4.69, 9.17) is 9.47 Å². The summed E-state index contributed by atoms with van der Waals surface area (Å²) in [4.78, 5) is 0. The molecule has 2 fully saturated rings. The van der Waals surface area contributed by atoms with E-state index in [1.165, 1.54) is 32.1 Å². The van der Waals surface area contributed by atoms with Crippen molar-refractivity contribution in [3.63, 3.8) is 0 Å². The summed E-state index contributed by atoms with van der Waals surface area (Å²) < 4.78 is 11.0. The second-order valence-corrected chi connectivity index (χ2v) is 3.73. The van der Waals surface area contributed by atoms with Crippen molar-refractivity contribution in [2.75, 3.05) is 6.61 Å². The van der Waals surface area contributed by atoms with E-state index in [1.807, 2.05) is 0 Å². The Morgan fingerprint density at radius 3 is 2.50 bits per heavy atom. The van der Waals surface area contributed by atoms with Crippen molar-refractivity contribution >= 4 is 0 Å². The molecule has 1 aliphatic heterocycles. The van der Waals surface area contributed by atoms with Crippen LogP contribution in [0.5, 0.6) is 0 Å². The minimum absolute atomic E-state index is 0.0257. The Bertz CT molecular complexity index is 171. The van der Waals surface area contributed by atoms with Gasteiger partial charge in [-0.2, -0.15) is 0 Å². The van der Waals surface area contributed by atoms with Gasteiger partial charge in [-0.1, -0.05) is 25.8 Å². The van der Waals surface area contributed by atoms with Gasteiger partial charge in [-0.05, 0) is 12.8 Å². The van der Waals surface area contributed by atoms with Crippen molar-refractivity contribution in [2.24, 2.45) is 5.92 Å². The van der Waals surface area contributed by atoms with Crippen LogP contribution in [0.1, 0.15) is 32.1 Å². The van der Waals surface area contributed by atoms with Crippen LogP contribution in [0.4, 0.5) is 0 Å². The predicted molar refractivity (Wildman–Crippen MR) is 46.5 cm³/mol. The molecule has 2 aliphatic rings. The highest BCUT2D eigenvalue weighted by molar-refractivity contribution is 4.89. The van der Waals surface area contributed by atoms with Gasteiger partial charge < -0.3 is 9.47 Å². The van der Waals surface area contributed by atoms with Crippen LogP contribution < -0.4 is 0 Å². The predicted octanol–water partition coefficient (Wildman–Crippen LogP) is 2.45. The van der Waals surface area contributed by atoms with Crippen LogP contribution in [0.15, 0.2) is 12.3 Å². The summed E-state index contributed by atoms with van der Waals surface area (Å²) in [5.41, 5.74) is 0. The Balaban J connectivity index is 1.86. The standard InChI is InChI=1S/C10H16O2/c1-8-7-11-10(12-8)9-5-3-2-4-6-9/h9-10H,1-7H2. The van der Waals surface area contributed by atoms with E-state index in [0.29, 0.717) is 12.5 Å². The van der Waals surface area contributed by atoms with Crippen LogP contribution in [0.2, 0.25) is 0 Å². The molecule has 68 valence electrons. The molecule has 0 N–H and O–H groups in total. The topological polar surface area (TPSA) is 18.5 Å². The molecule has 1 saturated carbocycles. The maximum Gasteiger partial charge on any atom is 0.202 e. The lowest BCUT2D eigenvalue weighted by Gasteiger charge is -2.25. The summed E-state index contributed by atoms with van der Waals surface area (Å²) in [6.07, 6.45) is 6.60. The Labute approximate surface area is 73.5 Å². The summed E-state index contributed by atoms with van der Waals surface area (Å²) in [6.45, 7) is 4.35. The van der Waals surface area contributed by atoms with Crippen molar-refractivity contribution in [1.29, 1.82) is 0 Å². The third-order valence-corrected chi connectivity index (χ3v) is 2.73. The Hall–Kier alpha value is -0.500. The van der Waals surface area contributed by atoms with Gasteiger partial charge in [-0.25, -0.2) is 0 Å². The third kappa shape index (κ3) is 1.63. The monoisotopic (exact) mass is 168 g/mol. The Morgan fingerprint density at radius 1 is 1.17 bits per heavy atom. The summed E-state index contributed by atoms with van der Waals surface area (Å²) in [5, 5.41) is 0. The van der Waals surface area contributed by atoms with Crippen LogP contribution >= 0.6 is 0 Å². The molecule has 0 aromatic rings. The molecular weight excluding hydrogens is 152 g/mol. The van der Waals surface area contributed by atoms with Crippen LogP contribution in [0, 0.1) is 5.92 Å². The van der Waals surface area contributed by atoms with E-state index in [0.717, 1.165) is 5.76 Å². The summed E-state index contributed by atoms with van der Waals surface area (Å²) >= 11 is 0. The van der Waals surface area contributed by atoms with Gasteiger partial charge in [0, 0.05) is 5.92 Å². The van der Waals surface area contributed by atoms with Crippen molar-refractivity contribution in [2.45, 2.75) is 38.4 Å². The van der Waals surface area contributed by atoms with Gasteiger partial charge in [-0.15, -0.1) is 0 Å². The fourth-order valence-electron chi connectivity index (χ4n) is 2.05. The Kier molecular flexibility index (Phi) is 2.35. The number of hydrogen-bond acceptors (Lipinski definition) is 2. The zero-order valence-electron chi connectivity index (χ0n) is 7.42. The third-order valence-electron chi connectivity index (χ3n) is 2.73. The van der Waals surface area contributed by atoms with E-state index in [1.54, 1.807) is 0 Å². The first-order chi connectivity index (χ1) is 5.86. The molecule has 1 heterocycles. The molecule has 1 atom stereocenters. The van der Waals surface area contributed by atoms with Gasteiger partial charge in [0.2, 0.25) is 6.29 Å². The van der Waals surface area contributed by atoms with Crippen LogP contribution in [0.3, 0.4) is 0 Å². The molecule has 1 saturated heterocycles. The highest BCUT2D eigenvalue weighted by Crippen LogP contribution is 2.31. The minimum Gasteiger partial charge on any atom is -0.467 e. The maximum absolute atomic E-state index is 5.48. The second-order valence-electron chi connectivity index (χ2n) is 3.73. The smallest absolute Gasteiger partial charge is 0.202 e. The molecule has 1 unspecified atom stereocenters. The molecule has 2 heteroatoms. The highest BCUT2D eigenvalue weighted by atomic mass is 16.7. The van der Waals surface area contributed by atoms with Crippen LogP contribution in [-0.4, -0.2) is 12.9 Å². The van der Waals surface area contributed by atoms with Gasteiger partial charge >= 0.3 is 0 Å². The number of ether oxygens (including phenoxy) is 2. The quantitative estimate of drug-likeness (QED) is 0.598. The molecule has 12 heavy (non-hydrogen) atoms. The number of hydrogen-bond donors (Lipinski definition) is 0. The highest BCUT2D eigenvalue weighted by Gasteiger charge is 2.29. The zero-order valence-corrected chi connectivity index (χ0v) is 7.42. The fourth-order valence-corrected chi connectivity index (χ4v) is 2.05. The van der Waals surface area contributed by atoms with Gasteiger partial charge in [0.05, 0.1) is 0 Å². The molecule has 0 radical (unpaired) electrons. The second kappa shape index (κ2) is 3.48. The first kappa shape index (κ1) is 8.11. The molecule has 1 aliphatic carbocycles. The average Bonchev–Trinajstić information content (AvgIpc) is 2.54. The molecule has 0 aromatic carbocycles. The van der Waals surface area contributed by atoms with E-state index in [9.17, 15) is 0 Å². The van der Waals surface area contributed by atoms with E-state index < -0.39 is 0 Å². The fraction of sp³-hybridized carbons (Fsp3) is 0.800. The molecule has 0 aromatic heterocycles. The number of rotatable bonds is 1. The maximum atomic E-state index is 5.48. The molecule has 0 spiro atoms. The normalized spacial score (nSPS) is 32.0. The van der Waals surface area contributed by atoms with E-state index in [2.05, 4.69) is 6.58 Å². The lowest BCUT2D eigenvalue weighted by Crippen LogP contribution is -2.23. The summed E-state index contributed by atoms with van der Waals surface area (Å²) in [7, 11) is 0. The van der Waals surface area contributed by atoms with E-state index >= 15 is 0 Å². The SMILES string of the molecule is C=C1COC(C2CCCCC2)O1. The molecule has 0 amide bonds. The summed E-state index contributed by atoms with van der Waals surface area (Å²) in [5.74, 6) is 1.42. The lowest BCUT2D eigenvalue weighted by atomic mass is 9.89. The van der Waals surface area contributed by atoms with Crippen molar-refractivity contribution in [3.05, 3.63) is 12.3 Å². The van der Waals surface area contributed by atoms with Crippen LogP contribution in [-0.2, 0) is 9.47 Å². The molecule has 2 rings (SSSR count). The average molecular weight is 168 g/mol. The van der Waals surface area contributed by atoms with Crippen molar-refractivity contribution in [3.8, 4) is 0 Å². The van der Waals surface area contributed by atoms with Crippen LogP contribution in [0.25, 0.3) is 0 Å². The van der Waals surface area contributed by atoms with Crippen molar-refractivity contribution < 1.29 is 9.47 Å². The van der Waals surface area contributed by atoms with E-state index in [-0.39, 0.29) is 6.29 Å². The molecular formula is C10H16O2. The molecule has 0 bridgehead atoms. The largest absolute Gasteiger partial charge is 0.467 e. The summed E-state index contributed by atoms with van der Waals surface area (Å²) in [6, 6.07) is 0. The first-order valence-corrected chi connectivity index (χ1v) is 4.82. The zero-order chi connectivity index (χ0) is 8.39. The Morgan fingerprint density at radius 2 is 1.92 bits per heavy atom. The lowest BCUT2D eigenvalue weighted by molar-refractivity contribution is -0.0835. The molecule has 2 nitrogen and oxygen atoms in total. The van der Waals surface area contributed by atoms with Gasteiger partial charge in [0.25, 0.3) is 0 Å². The van der Waals surface area contributed by atoms with Gasteiger partial charge in [-0.3, -0.25) is 0 Å². The first-order valence-electron chi connectivity index (χ1n) is 4.82. The minimum atomic E-state index is 0.0257. The van der Waals surface area contributed by atoms with Gasteiger partial charge in [0.15, 0.2) is 0 Å².